The van der Waals surface area contributed by atoms with Crippen molar-refractivity contribution < 1.29 is 15.3 Å². The third-order valence-corrected chi connectivity index (χ3v) is 1.88. The lowest BCUT2D eigenvalue weighted by molar-refractivity contribution is 0.609. The third kappa shape index (κ3) is 1.72. The van der Waals surface area contributed by atoms with Crippen molar-refractivity contribution in [3.8, 4) is 0 Å². The standard InChI is InChI=1S/C6H5ClO2S/c7-10(8,9)6-4-2-1-3-5-6/h1-5H/i1D,2D,3D,4D,5D. The number of benzene rings is 1. The van der Waals surface area contributed by atoms with Gasteiger partial charge in [-0.05, 0) is 12.1 Å². The number of hydrogen-bond acceptors (Lipinski definition) is 2. The van der Waals surface area contributed by atoms with E-state index in [1.165, 1.54) is 0 Å². The fourth-order valence-electron chi connectivity index (χ4n) is 0.360. The molecule has 0 aliphatic heterocycles. The van der Waals surface area contributed by atoms with Crippen LogP contribution in [0.2, 0.25) is 0 Å². The molecule has 0 saturated heterocycles. The minimum absolute atomic E-state index is 0.658. The van der Waals surface area contributed by atoms with Gasteiger partial charge in [-0.3, -0.25) is 0 Å². The average molecular weight is 182 g/mol. The summed E-state index contributed by atoms with van der Waals surface area (Å²) in [6.07, 6.45) is 0. The lowest BCUT2D eigenvalue weighted by Gasteiger charge is -1.91. The fraction of sp³-hybridized carbons (Fsp3) is 0. The number of hydrogen-bond donors (Lipinski definition) is 0. The van der Waals surface area contributed by atoms with Crippen LogP contribution in [-0.2, 0) is 9.05 Å². The minimum atomic E-state index is -4.35. The Morgan fingerprint density at radius 3 is 2.20 bits per heavy atom. The van der Waals surface area contributed by atoms with Crippen molar-refractivity contribution in [1.82, 2.24) is 0 Å². The zero-order valence-corrected chi connectivity index (χ0v) is 6.18. The molecule has 0 aliphatic rings. The number of rotatable bonds is 1. The summed E-state index contributed by atoms with van der Waals surface area (Å²) in [4.78, 5) is -0.893. The minimum Gasteiger partial charge on any atom is -0.207 e. The highest BCUT2D eigenvalue weighted by Gasteiger charge is 2.06. The van der Waals surface area contributed by atoms with Crippen LogP contribution in [-0.4, -0.2) is 8.42 Å². The van der Waals surface area contributed by atoms with Crippen molar-refractivity contribution in [2.75, 3.05) is 0 Å². The van der Waals surface area contributed by atoms with Crippen LogP contribution in [0.3, 0.4) is 0 Å². The van der Waals surface area contributed by atoms with Crippen molar-refractivity contribution in [3.63, 3.8) is 0 Å². The molecule has 4 heteroatoms. The Balaban J connectivity index is 3.84. The molecule has 0 radical (unpaired) electrons. The highest BCUT2D eigenvalue weighted by molar-refractivity contribution is 8.13. The van der Waals surface area contributed by atoms with E-state index in [1.54, 1.807) is 0 Å². The van der Waals surface area contributed by atoms with Gasteiger partial charge in [0.2, 0.25) is 0 Å². The summed E-state index contributed by atoms with van der Waals surface area (Å²) in [5, 5.41) is 0. The summed E-state index contributed by atoms with van der Waals surface area (Å²) >= 11 is 0. The highest BCUT2D eigenvalue weighted by atomic mass is 35.7. The number of halogens is 1. The van der Waals surface area contributed by atoms with Gasteiger partial charge < -0.3 is 0 Å². The smallest absolute Gasteiger partial charge is 0.207 e. The Bertz CT molecular complexity index is 498. The monoisotopic (exact) mass is 181 g/mol. The SMILES string of the molecule is [2H]c1c([2H])c([2H])c(S(=O)(=O)Cl)c([2H])c1[2H]. The van der Waals surface area contributed by atoms with Gasteiger partial charge in [-0.15, -0.1) is 0 Å². The highest BCUT2D eigenvalue weighted by Crippen LogP contribution is 2.12. The lowest BCUT2D eigenvalue weighted by atomic mass is 10.4. The van der Waals surface area contributed by atoms with Crippen molar-refractivity contribution in [2.45, 2.75) is 4.90 Å². The Morgan fingerprint density at radius 2 is 1.80 bits per heavy atom. The molecule has 0 saturated carbocycles. The van der Waals surface area contributed by atoms with Crippen LogP contribution < -0.4 is 0 Å². The molecule has 0 amide bonds. The van der Waals surface area contributed by atoms with Gasteiger partial charge >= 0.3 is 0 Å². The molecule has 0 atom stereocenters. The lowest BCUT2D eigenvalue weighted by Crippen LogP contribution is -1.87. The van der Waals surface area contributed by atoms with Gasteiger partial charge in [0.25, 0.3) is 9.05 Å². The zero-order valence-electron chi connectivity index (χ0n) is 9.60. The van der Waals surface area contributed by atoms with Crippen molar-refractivity contribution in [1.29, 1.82) is 0 Å². The maximum Gasteiger partial charge on any atom is 0.261 e. The molecule has 0 aromatic heterocycles. The van der Waals surface area contributed by atoms with E-state index in [-0.39, 0.29) is 0 Å². The molecule has 1 rings (SSSR count). The Labute approximate surface area is 70.9 Å². The summed E-state index contributed by atoms with van der Waals surface area (Å²) < 4.78 is 58.1. The Morgan fingerprint density at radius 1 is 1.30 bits per heavy atom. The second kappa shape index (κ2) is 2.60. The first-order valence-corrected chi connectivity index (χ1v) is 4.50. The van der Waals surface area contributed by atoms with Gasteiger partial charge in [0.05, 0.1) is 11.7 Å². The molecule has 0 aliphatic carbocycles. The van der Waals surface area contributed by atoms with Crippen molar-refractivity contribution in [3.05, 3.63) is 30.2 Å². The maximum absolute atomic E-state index is 11.0. The van der Waals surface area contributed by atoms with E-state index in [9.17, 15) is 8.42 Å². The Kier molecular flexibility index (Phi) is 0.841. The quantitative estimate of drug-likeness (QED) is 0.617. The molecule has 0 N–H and O–H groups in total. The van der Waals surface area contributed by atoms with E-state index in [0.717, 1.165) is 0 Å². The first-order chi connectivity index (χ1) is 6.68. The summed E-state index contributed by atoms with van der Waals surface area (Å²) in [5.74, 6) is 0. The summed E-state index contributed by atoms with van der Waals surface area (Å²) in [6.45, 7) is 0. The van der Waals surface area contributed by atoms with E-state index < -0.39 is 44.2 Å². The first-order valence-electron chi connectivity index (χ1n) is 4.69. The van der Waals surface area contributed by atoms with Crippen molar-refractivity contribution >= 4 is 19.7 Å². The van der Waals surface area contributed by atoms with E-state index in [1.807, 2.05) is 0 Å². The van der Waals surface area contributed by atoms with E-state index >= 15 is 0 Å². The first kappa shape index (κ1) is 3.24. The zero-order chi connectivity index (χ0) is 12.0. The largest absolute Gasteiger partial charge is 0.261 e. The topological polar surface area (TPSA) is 34.1 Å². The van der Waals surface area contributed by atoms with Gasteiger partial charge in [-0.2, -0.15) is 0 Å². The average Bonchev–Trinajstić information content (AvgIpc) is 2.09. The molecule has 2 nitrogen and oxygen atoms in total. The second-order valence-electron chi connectivity index (χ2n) is 1.39. The molecule has 10 heavy (non-hydrogen) atoms. The van der Waals surface area contributed by atoms with Crippen LogP contribution in [0.4, 0.5) is 0 Å². The van der Waals surface area contributed by atoms with Crippen LogP contribution in [0.5, 0.6) is 0 Å². The fourth-order valence-corrected chi connectivity index (χ4v) is 0.938. The predicted molar refractivity (Wildman–Crippen MR) is 39.5 cm³/mol. The van der Waals surface area contributed by atoms with E-state index in [4.69, 9.17) is 17.5 Å². The molecule has 0 heterocycles. The van der Waals surface area contributed by atoms with Gasteiger partial charge in [0.15, 0.2) is 0 Å². The molecule has 1 aromatic carbocycles. The molecule has 0 bridgehead atoms. The molecule has 54 valence electrons. The van der Waals surface area contributed by atoms with Gasteiger partial charge in [0, 0.05) is 10.7 Å². The van der Waals surface area contributed by atoms with Gasteiger partial charge in [-0.1, -0.05) is 18.1 Å². The summed E-state index contributed by atoms with van der Waals surface area (Å²) in [7, 11) is 0.618. The Hall–Kier alpha value is -0.540. The maximum atomic E-state index is 11.0. The van der Waals surface area contributed by atoms with Crippen LogP contribution in [0.15, 0.2) is 35.1 Å². The molecular weight excluding hydrogens is 172 g/mol. The van der Waals surface area contributed by atoms with Crippen LogP contribution in [0.25, 0.3) is 0 Å². The van der Waals surface area contributed by atoms with Crippen LogP contribution >= 0.6 is 10.7 Å². The van der Waals surface area contributed by atoms with Crippen molar-refractivity contribution in [2.24, 2.45) is 0 Å². The van der Waals surface area contributed by atoms with E-state index in [0.29, 0.717) is 0 Å². The van der Waals surface area contributed by atoms with E-state index in [2.05, 4.69) is 0 Å². The molecule has 0 spiro atoms. The molecule has 0 unspecified atom stereocenters. The second-order valence-corrected chi connectivity index (χ2v) is 3.89. The third-order valence-electron chi connectivity index (χ3n) is 0.721. The summed E-state index contributed by atoms with van der Waals surface area (Å²) in [6, 6.07) is -3.76. The van der Waals surface area contributed by atoms with Gasteiger partial charge in [-0.25, -0.2) is 8.42 Å². The molecule has 1 aromatic rings. The normalized spacial score (nSPS) is 18.3. The predicted octanol–water partition coefficient (Wildman–Crippen LogP) is 1.61. The molecule has 0 fully saturated rings. The molecular formula is C6H5ClO2S. The van der Waals surface area contributed by atoms with Crippen LogP contribution in [0.1, 0.15) is 6.85 Å². The summed E-state index contributed by atoms with van der Waals surface area (Å²) in [5.41, 5.74) is 0. The van der Waals surface area contributed by atoms with Gasteiger partial charge in [0.1, 0.15) is 0 Å². The van der Waals surface area contributed by atoms with Crippen LogP contribution in [0, 0.1) is 0 Å².